The molecule has 0 heterocycles. The Morgan fingerprint density at radius 2 is 1.00 bits per heavy atom. The molecule has 40 valence electrons. The zero-order valence-electron chi connectivity index (χ0n) is 1.62. The van der Waals surface area contributed by atoms with Crippen LogP contribution in [0.25, 0.3) is 0 Å². The summed E-state index contributed by atoms with van der Waals surface area (Å²) in [5, 5.41) is 0. The van der Waals surface area contributed by atoms with Gasteiger partial charge in [-0.1, -0.05) is 7.43 Å². The molecule has 0 aliphatic carbocycles. The van der Waals surface area contributed by atoms with Crippen molar-refractivity contribution >= 4 is 11.0 Å². The van der Waals surface area contributed by atoms with Gasteiger partial charge in [0.05, 0.1) is 0 Å². The fourth-order valence-corrected chi connectivity index (χ4v) is 0. The summed E-state index contributed by atoms with van der Waals surface area (Å²) in [4.78, 5) is 0. The molecular formula is CH14FNOSi. The SMILES string of the molecule is C.F.N.O.[SiH4]. The normalized spacial score (nSPS) is 0. The van der Waals surface area contributed by atoms with E-state index in [0.717, 1.165) is 0 Å². The molecule has 0 saturated heterocycles. The van der Waals surface area contributed by atoms with Crippen LogP contribution in [0, 0.1) is 0 Å². The van der Waals surface area contributed by atoms with E-state index >= 15 is 0 Å². The summed E-state index contributed by atoms with van der Waals surface area (Å²) in [5.41, 5.74) is 0. The molecule has 0 aromatic heterocycles. The van der Waals surface area contributed by atoms with E-state index in [9.17, 15) is 0 Å². The van der Waals surface area contributed by atoms with E-state index in [1.54, 1.807) is 0 Å². The first-order chi connectivity index (χ1) is 0. The van der Waals surface area contributed by atoms with Crippen molar-refractivity contribution in [1.29, 1.82) is 0 Å². The highest BCUT2D eigenvalue weighted by molar-refractivity contribution is 5.75. The van der Waals surface area contributed by atoms with Crippen molar-refractivity contribution in [3.8, 4) is 0 Å². The van der Waals surface area contributed by atoms with Gasteiger partial charge in [-0.05, 0) is 11.0 Å². The molecule has 4 heteroatoms. The molecule has 5 heavy (non-hydrogen) atoms. The van der Waals surface area contributed by atoms with E-state index in [-0.39, 0.29) is 34.7 Å². The molecule has 0 spiro atoms. The monoisotopic (exact) mass is 103 g/mol. The van der Waals surface area contributed by atoms with Crippen molar-refractivity contribution in [2.75, 3.05) is 0 Å². The second-order valence-corrected chi connectivity index (χ2v) is 0. The van der Waals surface area contributed by atoms with Gasteiger partial charge in [0.25, 0.3) is 0 Å². The Morgan fingerprint density at radius 3 is 1.00 bits per heavy atom. The van der Waals surface area contributed by atoms with Crippen LogP contribution in [-0.2, 0) is 0 Å². The summed E-state index contributed by atoms with van der Waals surface area (Å²) < 4.78 is 0. The first-order valence-electron chi connectivity index (χ1n) is 0. The summed E-state index contributed by atoms with van der Waals surface area (Å²) in [5.74, 6) is 0. The lowest BCUT2D eigenvalue weighted by Crippen LogP contribution is -0.481. The third-order valence-corrected chi connectivity index (χ3v) is 0. The number of hydrogen-bond donors (Lipinski definition) is 1. The van der Waals surface area contributed by atoms with Gasteiger partial charge in [0.1, 0.15) is 0 Å². The van der Waals surface area contributed by atoms with E-state index in [2.05, 4.69) is 0 Å². The zero-order chi connectivity index (χ0) is 0. The lowest BCUT2D eigenvalue weighted by atomic mass is 12.0. The summed E-state index contributed by atoms with van der Waals surface area (Å²) in [6.45, 7) is 0. The van der Waals surface area contributed by atoms with Gasteiger partial charge in [-0.3, -0.25) is 4.70 Å². The Labute approximate surface area is 35.9 Å². The van der Waals surface area contributed by atoms with Crippen molar-refractivity contribution in [2.24, 2.45) is 0 Å². The Bertz CT molecular complexity index is 11.6. The molecule has 5 N–H and O–H groups in total. The van der Waals surface area contributed by atoms with Crippen LogP contribution in [0.1, 0.15) is 7.43 Å². The maximum atomic E-state index is 0. The van der Waals surface area contributed by atoms with Crippen LogP contribution in [0.4, 0.5) is 4.70 Å². The van der Waals surface area contributed by atoms with Gasteiger partial charge in [0.2, 0.25) is 0 Å². The molecule has 0 saturated carbocycles. The molecule has 0 bridgehead atoms. The molecule has 0 aromatic carbocycles. The fourth-order valence-electron chi connectivity index (χ4n) is 0. The Kier molecular flexibility index (Phi) is 32000000. The van der Waals surface area contributed by atoms with Crippen LogP contribution in [0.2, 0.25) is 0 Å². The minimum Gasteiger partial charge on any atom is -0.412 e. The highest BCUT2D eigenvalue weighted by Gasteiger charge is -0.0148. The minimum absolute atomic E-state index is 0. The average Bonchev–Trinajstić information content (AvgIpc) is 0. The quantitative estimate of drug-likeness (QED) is 0.379. The van der Waals surface area contributed by atoms with Crippen LogP contribution in [0.5, 0.6) is 0 Å². The molecule has 0 atom stereocenters. The fraction of sp³-hybridized carbons (Fsp3) is 1.00. The highest BCUT2D eigenvalue weighted by atomic mass is 28.1. The number of hydrogen-bond acceptors (Lipinski definition) is 1. The second-order valence-electron chi connectivity index (χ2n) is 0. The zero-order valence-corrected chi connectivity index (χ0v) is 1.62. The van der Waals surface area contributed by atoms with Crippen molar-refractivity contribution in [2.45, 2.75) is 7.43 Å². The van der Waals surface area contributed by atoms with E-state index in [0.29, 0.717) is 0 Å². The molecule has 0 rings (SSSR count). The third-order valence-electron chi connectivity index (χ3n) is 0. The van der Waals surface area contributed by atoms with Crippen LogP contribution in [0.3, 0.4) is 0 Å². The lowest BCUT2D eigenvalue weighted by molar-refractivity contribution is 0.824. The summed E-state index contributed by atoms with van der Waals surface area (Å²) in [7, 11) is 0. The summed E-state index contributed by atoms with van der Waals surface area (Å²) >= 11 is 0. The molecular weight excluding hydrogens is 89.1 g/mol. The molecule has 0 fully saturated rings. The first-order valence-corrected chi connectivity index (χ1v) is 0. The molecule has 0 aliphatic heterocycles. The molecule has 0 unspecified atom stereocenters. The highest BCUT2D eigenvalue weighted by Crippen LogP contribution is 0.420. The van der Waals surface area contributed by atoms with Gasteiger partial charge >= 0.3 is 0 Å². The molecule has 0 aromatic rings. The molecule has 0 radical (unpaired) electrons. The van der Waals surface area contributed by atoms with Gasteiger partial charge in [-0.2, -0.15) is 0 Å². The Morgan fingerprint density at radius 1 is 1.00 bits per heavy atom. The van der Waals surface area contributed by atoms with E-state index < -0.39 is 0 Å². The van der Waals surface area contributed by atoms with Crippen molar-refractivity contribution in [3.63, 3.8) is 0 Å². The first kappa shape index (κ1) is 18700. The smallest absolute Gasteiger partial charge is 0.0149 e. The van der Waals surface area contributed by atoms with Crippen LogP contribution in [-0.4, -0.2) is 16.4 Å². The third kappa shape index (κ3) is 3880. The molecule has 0 amide bonds. The van der Waals surface area contributed by atoms with Gasteiger partial charge in [-0.25, -0.2) is 0 Å². The Balaban J connectivity index is 0. The Hall–Kier alpha value is 0.0669. The van der Waals surface area contributed by atoms with Crippen LogP contribution < -0.4 is 6.15 Å². The summed E-state index contributed by atoms with van der Waals surface area (Å²) in [6, 6.07) is 0. The van der Waals surface area contributed by atoms with E-state index in [1.807, 2.05) is 0 Å². The van der Waals surface area contributed by atoms with Gasteiger partial charge < -0.3 is 11.6 Å². The van der Waals surface area contributed by atoms with Gasteiger partial charge in [0.15, 0.2) is 0 Å². The molecule has 2 nitrogen and oxygen atoms in total. The van der Waals surface area contributed by atoms with E-state index in [1.165, 1.54) is 0 Å². The number of halogens is 1. The second kappa shape index (κ2) is 8550. The lowest BCUT2D eigenvalue weighted by Gasteiger charge is -0.412. The predicted molar refractivity (Wildman–Crippen MR) is 29.2 cm³/mol. The van der Waals surface area contributed by atoms with Crippen molar-refractivity contribution in [1.82, 2.24) is 6.15 Å². The minimum atomic E-state index is 0. The maximum absolute atomic E-state index is 0. The number of rotatable bonds is 0. The largest absolute Gasteiger partial charge is 0.412 e. The van der Waals surface area contributed by atoms with Crippen LogP contribution in [0.15, 0.2) is 0 Å². The standard InChI is InChI=1S/CH4.FH.H3N.H2O.H4Si/h1H4;1H;1H3;1H2;1H4. The van der Waals surface area contributed by atoms with E-state index in [4.69, 9.17) is 0 Å². The summed E-state index contributed by atoms with van der Waals surface area (Å²) in [6.07, 6.45) is 0. The van der Waals surface area contributed by atoms with Crippen LogP contribution >= 0.6 is 0 Å². The topological polar surface area (TPSA) is 66.5 Å². The van der Waals surface area contributed by atoms with Crippen molar-refractivity contribution < 1.29 is 10.2 Å². The maximum Gasteiger partial charge on any atom is -0.0149 e. The molecule has 0 aliphatic rings. The van der Waals surface area contributed by atoms with Gasteiger partial charge in [0, 0.05) is 0 Å². The van der Waals surface area contributed by atoms with Gasteiger partial charge in [-0.15, -0.1) is 0 Å². The predicted octanol–water partition coefficient (Wildman–Crippen LogP) is -1.33. The average molecular weight is 103 g/mol. The van der Waals surface area contributed by atoms with Crippen molar-refractivity contribution in [3.05, 3.63) is 0 Å².